The smallest absolute Gasteiger partial charge is 0.362 e. The summed E-state index contributed by atoms with van der Waals surface area (Å²) in [4.78, 5) is 22.6. The molecule has 23 heavy (non-hydrogen) atoms. The maximum Gasteiger partial charge on any atom is 0.362 e. The van der Waals surface area contributed by atoms with Crippen molar-refractivity contribution in [2.75, 3.05) is 20.3 Å². The van der Waals surface area contributed by atoms with E-state index in [-0.39, 0.29) is 31.3 Å². The van der Waals surface area contributed by atoms with Gasteiger partial charge in [-0.15, -0.1) is 5.10 Å². The molecule has 0 unspecified atom stereocenters. The van der Waals surface area contributed by atoms with Crippen LogP contribution in [0.2, 0.25) is 0 Å². The second kappa shape index (κ2) is 7.90. The number of H-pyrrole nitrogens is 1. The Labute approximate surface area is 131 Å². The molecular weight excluding hydrogens is 304 g/mol. The van der Waals surface area contributed by atoms with Crippen molar-refractivity contribution in [3.05, 3.63) is 51.7 Å². The van der Waals surface area contributed by atoms with Crippen molar-refractivity contribution >= 4 is 11.6 Å². The van der Waals surface area contributed by atoms with E-state index in [9.17, 15) is 14.9 Å². The Kier molecular flexibility index (Phi) is 5.64. The van der Waals surface area contributed by atoms with Crippen molar-refractivity contribution in [2.45, 2.75) is 6.54 Å². The quantitative estimate of drug-likeness (QED) is 0.429. The molecule has 0 spiro atoms. The zero-order chi connectivity index (χ0) is 16.7. The molecule has 9 nitrogen and oxygen atoms in total. The van der Waals surface area contributed by atoms with E-state index in [1.54, 1.807) is 0 Å². The highest BCUT2D eigenvalue weighted by Gasteiger charge is 2.30. The van der Waals surface area contributed by atoms with Crippen molar-refractivity contribution < 1.29 is 19.2 Å². The second-order valence-electron chi connectivity index (χ2n) is 4.52. The lowest BCUT2D eigenvalue weighted by molar-refractivity contribution is -0.386. The molecule has 2 aromatic rings. The minimum Gasteiger partial charge on any atom is -0.469 e. The van der Waals surface area contributed by atoms with E-state index >= 15 is 0 Å². The highest BCUT2D eigenvalue weighted by Crippen LogP contribution is 2.28. The maximum absolute atomic E-state index is 12.1. The highest BCUT2D eigenvalue weighted by molar-refractivity contribution is 5.97. The largest absolute Gasteiger partial charge is 0.469 e. The molecular formula is C14H16N4O5. The summed E-state index contributed by atoms with van der Waals surface area (Å²) in [6.07, 6.45) is 0. The van der Waals surface area contributed by atoms with E-state index in [2.05, 4.69) is 15.5 Å². The third kappa shape index (κ3) is 4.27. The van der Waals surface area contributed by atoms with Crippen LogP contribution < -0.4 is 10.1 Å². The molecule has 0 bridgehead atoms. The Morgan fingerprint density at radius 1 is 1.35 bits per heavy atom. The number of hydrogen-bond donors (Lipinski definition) is 2. The number of aromatic amines is 1. The van der Waals surface area contributed by atoms with Crippen molar-refractivity contribution in [1.82, 2.24) is 15.5 Å². The molecule has 1 amide bonds. The standard InChI is InChI=1S/C14H16N4O5/c1-22-7-8-23-14-12(18(20)21)11(16-17-14)13(19)15-9-10-5-3-2-4-6-10/h2-6H,7-9H2,1H3,(H,15,19)(H,16,17). The Hall–Kier alpha value is -2.94. The van der Waals surface area contributed by atoms with Gasteiger partial charge in [-0.25, -0.2) is 0 Å². The fourth-order valence-corrected chi connectivity index (χ4v) is 1.84. The van der Waals surface area contributed by atoms with E-state index in [1.165, 1.54) is 7.11 Å². The van der Waals surface area contributed by atoms with Crippen LogP contribution in [0.1, 0.15) is 16.1 Å². The third-order valence-electron chi connectivity index (χ3n) is 2.94. The number of benzene rings is 1. The number of methoxy groups -OCH3 is 1. The summed E-state index contributed by atoms with van der Waals surface area (Å²) in [6.45, 7) is 0.586. The first-order chi connectivity index (χ1) is 11.1. The van der Waals surface area contributed by atoms with E-state index < -0.39 is 16.5 Å². The molecule has 0 saturated heterocycles. The fraction of sp³-hybridized carbons (Fsp3) is 0.286. The normalized spacial score (nSPS) is 10.3. The number of ether oxygens (including phenoxy) is 2. The first kappa shape index (κ1) is 16.4. The second-order valence-corrected chi connectivity index (χ2v) is 4.52. The molecule has 0 fully saturated rings. The molecule has 122 valence electrons. The predicted octanol–water partition coefficient (Wildman–Crippen LogP) is 1.27. The first-order valence-electron chi connectivity index (χ1n) is 6.80. The molecule has 1 aromatic carbocycles. The maximum atomic E-state index is 12.1. The SMILES string of the molecule is COCCOc1n[nH]c(C(=O)NCc2ccccc2)c1[N+](=O)[O-]. The number of aromatic nitrogens is 2. The molecule has 0 radical (unpaired) electrons. The number of nitrogens with zero attached hydrogens (tertiary/aromatic N) is 2. The highest BCUT2D eigenvalue weighted by atomic mass is 16.6. The van der Waals surface area contributed by atoms with Gasteiger partial charge in [0, 0.05) is 13.7 Å². The van der Waals surface area contributed by atoms with Crippen molar-refractivity contribution in [3.8, 4) is 5.88 Å². The van der Waals surface area contributed by atoms with E-state index in [1.807, 2.05) is 30.3 Å². The molecule has 2 N–H and O–H groups in total. The topological polar surface area (TPSA) is 119 Å². The van der Waals surface area contributed by atoms with Gasteiger partial charge in [-0.05, 0) is 5.56 Å². The van der Waals surface area contributed by atoms with Crippen LogP contribution in [0, 0.1) is 10.1 Å². The van der Waals surface area contributed by atoms with Gasteiger partial charge in [0.2, 0.25) is 5.69 Å². The van der Waals surface area contributed by atoms with Crippen molar-refractivity contribution in [1.29, 1.82) is 0 Å². The molecule has 1 heterocycles. The predicted molar refractivity (Wildman–Crippen MR) is 80.2 cm³/mol. The lowest BCUT2D eigenvalue weighted by Crippen LogP contribution is -2.24. The van der Waals surface area contributed by atoms with Gasteiger partial charge in [0.1, 0.15) is 6.61 Å². The number of rotatable bonds is 8. The lowest BCUT2D eigenvalue weighted by Gasteiger charge is -2.04. The third-order valence-corrected chi connectivity index (χ3v) is 2.94. The minimum absolute atomic E-state index is 0.0905. The van der Waals surface area contributed by atoms with Crippen LogP contribution in [0.3, 0.4) is 0 Å². The average molecular weight is 320 g/mol. The molecule has 0 saturated carbocycles. The van der Waals surface area contributed by atoms with Crippen molar-refractivity contribution in [2.24, 2.45) is 0 Å². The Bertz CT molecular complexity index is 671. The molecule has 0 atom stereocenters. The van der Waals surface area contributed by atoms with Crippen LogP contribution in [-0.4, -0.2) is 41.4 Å². The number of amides is 1. The Morgan fingerprint density at radius 3 is 2.74 bits per heavy atom. The van der Waals surface area contributed by atoms with Gasteiger partial charge in [0.05, 0.1) is 11.5 Å². The molecule has 9 heteroatoms. The average Bonchev–Trinajstić information content (AvgIpc) is 2.98. The Morgan fingerprint density at radius 2 is 2.09 bits per heavy atom. The van der Waals surface area contributed by atoms with Gasteiger partial charge in [-0.3, -0.25) is 20.0 Å². The summed E-state index contributed by atoms with van der Waals surface area (Å²) in [5, 5.41) is 19.8. The molecule has 0 aliphatic carbocycles. The summed E-state index contributed by atoms with van der Waals surface area (Å²) >= 11 is 0. The van der Waals surface area contributed by atoms with Crippen LogP contribution in [0.25, 0.3) is 0 Å². The number of carbonyl (C=O) groups is 1. The summed E-state index contributed by atoms with van der Waals surface area (Å²) in [6, 6.07) is 9.19. The van der Waals surface area contributed by atoms with E-state index in [4.69, 9.17) is 9.47 Å². The molecule has 1 aromatic heterocycles. The molecule has 0 aliphatic rings. The number of nitro groups is 1. The Balaban J connectivity index is 2.08. The van der Waals surface area contributed by atoms with Gasteiger partial charge in [-0.1, -0.05) is 30.3 Å². The van der Waals surface area contributed by atoms with Crippen LogP contribution in [-0.2, 0) is 11.3 Å². The van der Waals surface area contributed by atoms with Gasteiger partial charge in [0.25, 0.3) is 5.91 Å². The molecule has 0 aliphatic heterocycles. The van der Waals surface area contributed by atoms with Gasteiger partial charge < -0.3 is 14.8 Å². The summed E-state index contributed by atoms with van der Waals surface area (Å²) < 4.78 is 9.94. The summed E-state index contributed by atoms with van der Waals surface area (Å²) in [7, 11) is 1.48. The van der Waals surface area contributed by atoms with E-state index in [0.29, 0.717) is 0 Å². The summed E-state index contributed by atoms with van der Waals surface area (Å²) in [5.41, 5.74) is 0.129. The number of hydrogen-bond acceptors (Lipinski definition) is 6. The molecule has 2 rings (SSSR count). The van der Waals surface area contributed by atoms with Crippen LogP contribution in [0.5, 0.6) is 5.88 Å². The van der Waals surface area contributed by atoms with Crippen molar-refractivity contribution in [3.63, 3.8) is 0 Å². The fourth-order valence-electron chi connectivity index (χ4n) is 1.84. The van der Waals surface area contributed by atoms with Crippen LogP contribution in [0.15, 0.2) is 30.3 Å². The van der Waals surface area contributed by atoms with Gasteiger partial charge >= 0.3 is 11.6 Å². The zero-order valence-corrected chi connectivity index (χ0v) is 12.4. The van der Waals surface area contributed by atoms with E-state index in [0.717, 1.165) is 5.56 Å². The summed E-state index contributed by atoms with van der Waals surface area (Å²) in [5.74, 6) is -0.869. The van der Waals surface area contributed by atoms with Gasteiger partial charge in [0.15, 0.2) is 0 Å². The number of nitrogens with one attached hydrogen (secondary N) is 2. The van der Waals surface area contributed by atoms with Gasteiger partial charge in [-0.2, -0.15) is 0 Å². The zero-order valence-electron chi connectivity index (χ0n) is 12.4. The number of carbonyl (C=O) groups excluding carboxylic acids is 1. The first-order valence-corrected chi connectivity index (χ1v) is 6.80. The van der Waals surface area contributed by atoms with Crippen LogP contribution >= 0.6 is 0 Å². The van der Waals surface area contributed by atoms with Crippen LogP contribution in [0.4, 0.5) is 5.69 Å². The minimum atomic E-state index is -0.705. The monoisotopic (exact) mass is 320 g/mol. The lowest BCUT2D eigenvalue weighted by atomic mass is 10.2.